The smallest absolute Gasteiger partial charge is 0.413 e. The van der Waals surface area contributed by atoms with Gasteiger partial charge in [-0.3, -0.25) is 24.5 Å². The molecule has 2 aliphatic heterocycles. The van der Waals surface area contributed by atoms with Gasteiger partial charge in [-0.1, -0.05) is 30.0 Å². The number of fused-ring (bicyclic) bond motifs is 1. The van der Waals surface area contributed by atoms with E-state index in [9.17, 15) is 29.1 Å². The van der Waals surface area contributed by atoms with E-state index in [1.54, 1.807) is 19.4 Å². The van der Waals surface area contributed by atoms with Crippen LogP contribution in [0.3, 0.4) is 0 Å². The third kappa shape index (κ3) is 5.94. The van der Waals surface area contributed by atoms with E-state index in [1.165, 1.54) is 45.1 Å². The van der Waals surface area contributed by atoms with E-state index in [2.05, 4.69) is 25.8 Å². The number of carboxylic acids is 1. The quantitative estimate of drug-likeness (QED) is 0.157. The lowest BCUT2D eigenvalue weighted by atomic mass is 9.89. The van der Waals surface area contributed by atoms with Crippen LogP contribution in [0.25, 0.3) is 0 Å². The molecule has 4 rings (SSSR count). The zero-order valence-electron chi connectivity index (χ0n) is 20.5. The van der Waals surface area contributed by atoms with Gasteiger partial charge < -0.3 is 20.1 Å². The Kier molecular flexibility index (Phi) is 8.29. The van der Waals surface area contributed by atoms with Crippen LogP contribution in [0.15, 0.2) is 15.2 Å². The monoisotopic (exact) mass is 600 g/mol. The van der Waals surface area contributed by atoms with Crippen LogP contribution < -0.4 is 10.6 Å². The largest absolute Gasteiger partial charge is 0.481 e. The Balaban J connectivity index is 1.32. The van der Waals surface area contributed by atoms with Gasteiger partial charge in [-0.05, 0) is 20.3 Å². The predicted molar refractivity (Wildman–Crippen MR) is 142 cm³/mol. The van der Waals surface area contributed by atoms with Crippen LogP contribution in [0.1, 0.15) is 37.7 Å². The van der Waals surface area contributed by atoms with Gasteiger partial charge in [0.25, 0.3) is 11.7 Å². The third-order valence-corrected chi connectivity index (χ3v) is 10.6. The summed E-state index contributed by atoms with van der Waals surface area (Å²) in [5, 5.41) is 23.4. The first kappa shape index (κ1) is 28.3. The molecule has 2 aromatic rings. The number of Topliss-reactive ketones (excluding diaryl/α,β-unsaturated/α-hetero) is 1. The number of ketones is 1. The summed E-state index contributed by atoms with van der Waals surface area (Å²) in [7, 11) is 0. The molecule has 2 aromatic heterocycles. The molecule has 2 saturated heterocycles. The first-order valence-corrected chi connectivity index (χ1v) is 15.1. The molecule has 204 valence electrons. The maximum Gasteiger partial charge on any atom is 0.413 e. The van der Waals surface area contributed by atoms with Crippen molar-refractivity contribution in [3.05, 3.63) is 16.6 Å². The van der Waals surface area contributed by atoms with E-state index in [1.807, 2.05) is 6.92 Å². The fraction of sp³-hybridized carbons (Fsp3) is 0.524. The molecule has 4 heterocycles. The van der Waals surface area contributed by atoms with Crippen LogP contribution in [0.2, 0.25) is 0 Å². The van der Waals surface area contributed by atoms with E-state index < -0.39 is 52.1 Å². The summed E-state index contributed by atoms with van der Waals surface area (Å²) in [4.78, 5) is 67.5. The number of carbonyl (C=O) groups is 5. The van der Waals surface area contributed by atoms with Crippen LogP contribution >= 0.6 is 46.2 Å². The standard InChI is InChI=1S/C21H24N6O7S4/c1-4-20(2,3)34-18(33)25-17-23-10(5-35-17)12(28)13(29)24-11-14(30)27-6-21(16(31)32,7-36-15(11)27)8-37-19-26-22-9-38-19/h5,9,11,15H,4,6-8H2,1-3H3,(H,24,29)(H,31,32)(H,23,25,33)/t11?,15-,21?/m1/s1. The molecule has 2 aliphatic rings. The number of hydrogen-bond donors (Lipinski definition) is 3. The molecule has 0 spiro atoms. The van der Waals surface area contributed by atoms with E-state index in [-0.39, 0.29) is 28.9 Å². The van der Waals surface area contributed by atoms with E-state index in [0.29, 0.717) is 10.8 Å². The molecule has 0 bridgehead atoms. The van der Waals surface area contributed by atoms with Gasteiger partial charge in [0.15, 0.2) is 9.47 Å². The van der Waals surface area contributed by atoms with Crippen LogP contribution in [-0.2, 0) is 19.1 Å². The van der Waals surface area contributed by atoms with Crippen LogP contribution in [-0.4, -0.2) is 89.9 Å². The number of thioether (sulfide) groups is 2. The zero-order valence-corrected chi connectivity index (χ0v) is 23.7. The zero-order chi connectivity index (χ0) is 27.7. The summed E-state index contributed by atoms with van der Waals surface area (Å²) >= 11 is 4.77. The Morgan fingerprint density at radius 3 is 2.74 bits per heavy atom. The SMILES string of the molecule is CCC(C)(C)OC(=O)Nc1nc(C(=O)C(=O)NC2C(=O)N3CC(CSc4nncs4)(C(=O)O)CS[C@H]23)cs1. The number of aliphatic carboxylic acids is 1. The Morgan fingerprint density at radius 2 is 2.08 bits per heavy atom. The van der Waals surface area contributed by atoms with Crippen molar-refractivity contribution >= 4 is 81.0 Å². The number of anilines is 1. The molecule has 0 radical (unpaired) electrons. The number of aromatic nitrogens is 3. The van der Waals surface area contributed by atoms with E-state index in [0.717, 1.165) is 11.3 Å². The third-order valence-electron chi connectivity index (χ3n) is 6.07. The molecular weight excluding hydrogens is 577 g/mol. The molecule has 0 aliphatic carbocycles. The molecule has 17 heteroatoms. The summed E-state index contributed by atoms with van der Waals surface area (Å²) in [6.07, 6.45) is -0.136. The fourth-order valence-corrected chi connectivity index (χ4v) is 7.55. The molecule has 3 N–H and O–H groups in total. The summed E-state index contributed by atoms with van der Waals surface area (Å²) in [5.74, 6) is -3.04. The number of carboxylic acid groups (broad SMARTS) is 1. The maximum atomic E-state index is 12.8. The van der Waals surface area contributed by atoms with Crippen molar-refractivity contribution in [2.75, 3.05) is 23.4 Å². The molecule has 38 heavy (non-hydrogen) atoms. The maximum absolute atomic E-state index is 12.8. The lowest BCUT2D eigenvalue weighted by molar-refractivity contribution is -0.157. The van der Waals surface area contributed by atoms with Crippen molar-refractivity contribution in [1.82, 2.24) is 25.4 Å². The number of ether oxygens (including phenoxy) is 1. The normalized spacial score (nSPS) is 22.7. The molecule has 13 nitrogen and oxygen atoms in total. The summed E-state index contributed by atoms with van der Waals surface area (Å²) in [5.41, 5.74) is -0.492. The topological polar surface area (TPSA) is 181 Å². The van der Waals surface area contributed by atoms with Gasteiger partial charge in [-0.15, -0.1) is 33.3 Å². The number of nitrogens with zero attached hydrogens (tertiary/aromatic N) is 4. The summed E-state index contributed by atoms with van der Waals surface area (Å²) < 4.78 is 5.91. The van der Waals surface area contributed by atoms with Gasteiger partial charge in [-0.25, -0.2) is 9.78 Å². The van der Waals surface area contributed by atoms with Crippen molar-refractivity contribution in [1.29, 1.82) is 0 Å². The molecular formula is C21H24N6O7S4. The van der Waals surface area contributed by atoms with Gasteiger partial charge in [0.2, 0.25) is 5.91 Å². The Morgan fingerprint density at radius 1 is 1.32 bits per heavy atom. The highest BCUT2D eigenvalue weighted by molar-refractivity contribution is 8.01. The lowest BCUT2D eigenvalue weighted by Crippen LogP contribution is -2.74. The van der Waals surface area contributed by atoms with Gasteiger partial charge in [-0.2, -0.15) is 0 Å². The number of rotatable bonds is 10. The van der Waals surface area contributed by atoms with Gasteiger partial charge in [0.1, 0.15) is 33.6 Å². The van der Waals surface area contributed by atoms with Gasteiger partial charge in [0.05, 0.1) is 0 Å². The summed E-state index contributed by atoms with van der Waals surface area (Å²) in [6.45, 7) is 5.36. The van der Waals surface area contributed by atoms with Crippen molar-refractivity contribution in [2.24, 2.45) is 5.41 Å². The van der Waals surface area contributed by atoms with Gasteiger partial charge >= 0.3 is 12.1 Å². The number of carbonyl (C=O) groups excluding carboxylic acids is 4. The van der Waals surface area contributed by atoms with Crippen LogP contribution in [0.5, 0.6) is 0 Å². The molecule has 2 unspecified atom stereocenters. The van der Waals surface area contributed by atoms with Crippen molar-refractivity contribution < 1.29 is 33.8 Å². The summed E-state index contributed by atoms with van der Waals surface area (Å²) in [6, 6.07) is -0.957. The van der Waals surface area contributed by atoms with Crippen molar-refractivity contribution in [3.8, 4) is 0 Å². The fourth-order valence-electron chi connectivity index (χ4n) is 3.53. The Labute approximate surface area is 233 Å². The Hall–Kier alpha value is -2.76. The number of thiazole rings is 1. The van der Waals surface area contributed by atoms with Gasteiger partial charge in [0, 0.05) is 23.4 Å². The average Bonchev–Trinajstić information content (AvgIpc) is 3.57. The number of hydrogen-bond acceptors (Lipinski definition) is 13. The first-order chi connectivity index (χ1) is 17.9. The second-order valence-corrected chi connectivity index (χ2v) is 13.2. The first-order valence-electron chi connectivity index (χ1n) is 11.3. The van der Waals surface area contributed by atoms with Crippen LogP contribution in [0, 0.1) is 5.41 Å². The molecule has 3 atom stereocenters. The van der Waals surface area contributed by atoms with E-state index >= 15 is 0 Å². The highest BCUT2D eigenvalue weighted by atomic mass is 32.2. The van der Waals surface area contributed by atoms with Crippen molar-refractivity contribution in [3.63, 3.8) is 0 Å². The van der Waals surface area contributed by atoms with E-state index in [4.69, 9.17) is 4.74 Å². The molecule has 3 amide bonds. The highest BCUT2D eigenvalue weighted by Crippen LogP contribution is 2.44. The minimum atomic E-state index is -1.19. The molecule has 0 aromatic carbocycles. The number of nitrogens with one attached hydrogen (secondary N) is 2. The number of amides is 3. The second kappa shape index (κ2) is 11.2. The van der Waals surface area contributed by atoms with Crippen LogP contribution in [0.4, 0.5) is 9.93 Å². The predicted octanol–water partition coefficient (Wildman–Crippen LogP) is 2.18. The highest BCUT2D eigenvalue weighted by Gasteiger charge is 2.57. The molecule has 2 fully saturated rings. The number of β-lactam (4-membered cyclic amide) rings is 1. The molecule has 0 saturated carbocycles. The van der Waals surface area contributed by atoms with Crippen molar-refractivity contribution in [2.45, 2.75) is 48.5 Å². The minimum absolute atomic E-state index is 0.0169. The minimum Gasteiger partial charge on any atom is -0.481 e. The lowest BCUT2D eigenvalue weighted by Gasteiger charge is -2.53. The average molecular weight is 601 g/mol. The second-order valence-electron chi connectivity index (χ2n) is 9.19. The Bertz CT molecular complexity index is 1250.